The summed E-state index contributed by atoms with van der Waals surface area (Å²) < 4.78 is 5.31. The van der Waals surface area contributed by atoms with Gasteiger partial charge in [0.15, 0.2) is 11.8 Å². The van der Waals surface area contributed by atoms with Gasteiger partial charge in [-0.15, -0.1) is 24.0 Å². The lowest BCUT2D eigenvalue weighted by molar-refractivity contribution is -0.122. The average Bonchev–Trinajstić information content (AvgIpc) is 3.11. The number of likely N-dealkylation sites (tertiary alicyclic amines) is 1. The molecule has 160 valence electrons. The predicted octanol–water partition coefficient (Wildman–Crippen LogP) is 1.25. The van der Waals surface area contributed by atoms with Crippen molar-refractivity contribution in [2.75, 3.05) is 33.2 Å². The minimum Gasteiger partial charge on any atom is -0.358 e. The van der Waals surface area contributed by atoms with E-state index in [1.165, 1.54) is 0 Å². The molecule has 0 atom stereocenters. The van der Waals surface area contributed by atoms with Crippen molar-refractivity contribution in [3.05, 3.63) is 11.7 Å². The third-order valence-corrected chi connectivity index (χ3v) is 4.41. The Morgan fingerprint density at radius 2 is 2.00 bits per heavy atom. The zero-order valence-corrected chi connectivity index (χ0v) is 19.9. The van der Waals surface area contributed by atoms with Crippen LogP contribution < -0.4 is 16.0 Å². The molecule has 0 spiro atoms. The van der Waals surface area contributed by atoms with E-state index in [1.807, 2.05) is 27.7 Å². The minimum atomic E-state index is -0.166. The summed E-state index contributed by atoms with van der Waals surface area (Å²) in [5.41, 5.74) is -0.166. The Labute approximate surface area is 184 Å². The molecule has 3 N–H and O–H groups in total. The van der Waals surface area contributed by atoms with Crippen molar-refractivity contribution in [2.45, 2.75) is 58.5 Å². The standard InChI is InChI=1S/C18H33N7O2.HI/c1-6-20-17(21-11-14-23-16(27-24-14)18(2,3)4)22-13-7-9-25(10-8-13)12-15(26)19-5;/h13H,6-12H2,1-5H3,(H,19,26)(H2,20,21,22);1H. The topological polar surface area (TPSA) is 108 Å². The van der Waals surface area contributed by atoms with Gasteiger partial charge in [-0.2, -0.15) is 4.98 Å². The number of piperidine rings is 1. The van der Waals surface area contributed by atoms with Gasteiger partial charge in [0.1, 0.15) is 6.54 Å². The van der Waals surface area contributed by atoms with Gasteiger partial charge < -0.3 is 20.5 Å². The lowest BCUT2D eigenvalue weighted by atomic mass is 9.97. The molecular formula is C18H34IN7O2. The zero-order valence-electron chi connectivity index (χ0n) is 17.5. The third-order valence-electron chi connectivity index (χ3n) is 4.41. The summed E-state index contributed by atoms with van der Waals surface area (Å²) in [7, 11) is 1.67. The Balaban J connectivity index is 0.00000392. The maximum absolute atomic E-state index is 11.5. The van der Waals surface area contributed by atoms with Crippen LogP contribution in [0.2, 0.25) is 0 Å². The molecular weight excluding hydrogens is 473 g/mol. The number of likely N-dealkylation sites (N-methyl/N-ethyl adjacent to an activating group) is 1. The van der Waals surface area contributed by atoms with E-state index in [4.69, 9.17) is 4.52 Å². The largest absolute Gasteiger partial charge is 0.358 e. The molecule has 0 saturated carbocycles. The van der Waals surface area contributed by atoms with Crippen molar-refractivity contribution in [1.29, 1.82) is 0 Å². The van der Waals surface area contributed by atoms with Crippen molar-refractivity contribution >= 4 is 35.8 Å². The van der Waals surface area contributed by atoms with Crippen LogP contribution >= 0.6 is 24.0 Å². The number of nitrogens with zero attached hydrogens (tertiary/aromatic N) is 4. The minimum absolute atomic E-state index is 0. The quantitative estimate of drug-likeness (QED) is 0.302. The van der Waals surface area contributed by atoms with E-state index in [0.717, 1.165) is 38.4 Å². The van der Waals surface area contributed by atoms with Gasteiger partial charge in [0, 0.05) is 38.1 Å². The molecule has 0 radical (unpaired) electrons. The van der Waals surface area contributed by atoms with E-state index in [0.29, 0.717) is 30.8 Å². The average molecular weight is 507 g/mol. The summed E-state index contributed by atoms with van der Waals surface area (Å²) in [6, 6.07) is 0.333. The van der Waals surface area contributed by atoms with Crippen LogP contribution in [0.25, 0.3) is 0 Å². The molecule has 2 rings (SSSR count). The normalized spacial score (nSPS) is 16.4. The SMILES string of the molecule is CCNC(=NCc1noc(C(C)(C)C)n1)NC1CCN(CC(=O)NC)CC1.I. The highest BCUT2D eigenvalue weighted by Gasteiger charge is 2.23. The van der Waals surface area contributed by atoms with Crippen LogP contribution in [0.15, 0.2) is 9.52 Å². The van der Waals surface area contributed by atoms with E-state index in [9.17, 15) is 4.79 Å². The fourth-order valence-electron chi connectivity index (χ4n) is 2.80. The Kier molecular flexibility index (Phi) is 10.1. The molecule has 9 nitrogen and oxygen atoms in total. The van der Waals surface area contributed by atoms with Crippen molar-refractivity contribution < 1.29 is 9.32 Å². The van der Waals surface area contributed by atoms with Crippen molar-refractivity contribution in [2.24, 2.45) is 4.99 Å². The van der Waals surface area contributed by atoms with Gasteiger partial charge >= 0.3 is 0 Å². The van der Waals surface area contributed by atoms with E-state index in [1.54, 1.807) is 7.05 Å². The highest BCUT2D eigenvalue weighted by atomic mass is 127. The van der Waals surface area contributed by atoms with Crippen LogP contribution in [0.5, 0.6) is 0 Å². The summed E-state index contributed by atoms with van der Waals surface area (Å²) in [5, 5.41) is 13.4. The molecule has 1 aliphatic heterocycles. The molecule has 10 heteroatoms. The van der Waals surface area contributed by atoms with Gasteiger partial charge in [0.2, 0.25) is 11.8 Å². The summed E-state index contributed by atoms with van der Waals surface area (Å²) in [6.45, 7) is 11.5. The molecule has 28 heavy (non-hydrogen) atoms. The van der Waals surface area contributed by atoms with E-state index < -0.39 is 0 Å². The molecule has 1 aromatic heterocycles. The molecule has 1 saturated heterocycles. The molecule has 1 aromatic rings. The number of guanidine groups is 1. The highest BCUT2D eigenvalue weighted by Crippen LogP contribution is 2.19. The monoisotopic (exact) mass is 507 g/mol. The summed E-state index contributed by atoms with van der Waals surface area (Å²) in [5.74, 6) is 2.02. The number of halogens is 1. The maximum Gasteiger partial charge on any atom is 0.233 e. The van der Waals surface area contributed by atoms with Crippen LogP contribution in [0.3, 0.4) is 0 Å². The number of aliphatic imine (C=N–C) groups is 1. The number of carbonyl (C=O) groups excluding carboxylic acids is 1. The molecule has 1 amide bonds. The zero-order chi connectivity index (χ0) is 19.9. The van der Waals surface area contributed by atoms with Gasteiger partial charge in [-0.3, -0.25) is 9.69 Å². The summed E-state index contributed by atoms with van der Waals surface area (Å²) in [6.07, 6.45) is 1.94. The van der Waals surface area contributed by atoms with E-state index in [2.05, 4.69) is 36.0 Å². The molecule has 0 unspecified atom stereocenters. The second kappa shape index (κ2) is 11.5. The van der Waals surface area contributed by atoms with E-state index in [-0.39, 0.29) is 35.3 Å². The summed E-state index contributed by atoms with van der Waals surface area (Å²) in [4.78, 5) is 22.7. The fraction of sp³-hybridized carbons (Fsp3) is 0.778. The van der Waals surface area contributed by atoms with Gasteiger partial charge in [-0.25, -0.2) is 4.99 Å². The molecule has 1 fully saturated rings. The predicted molar refractivity (Wildman–Crippen MR) is 120 cm³/mol. The molecule has 0 bridgehead atoms. The van der Waals surface area contributed by atoms with Crippen molar-refractivity contribution in [1.82, 2.24) is 31.0 Å². The van der Waals surface area contributed by atoms with Crippen LogP contribution in [-0.2, 0) is 16.8 Å². The Hall–Kier alpha value is -1.43. The fourth-order valence-corrected chi connectivity index (χ4v) is 2.80. The van der Waals surface area contributed by atoms with Gasteiger partial charge in [-0.05, 0) is 19.8 Å². The number of amides is 1. The van der Waals surface area contributed by atoms with Crippen LogP contribution in [0.1, 0.15) is 52.3 Å². The Bertz CT molecular complexity index is 634. The van der Waals surface area contributed by atoms with Gasteiger partial charge in [0.25, 0.3) is 0 Å². The number of aromatic nitrogens is 2. The maximum atomic E-state index is 11.5. The van der Waals surface area contributed by atoms with Crippen LogP contribution in [0.4, 0.5) is 0 Å². The number of rotatable bonds is 6. The highest BCUT2D eigenvalue weighted by molar-refractivity contribution is 14.0. The summed E-state index contributed by atoms with van der Waals surface area (Å²) >= 11 is 0. The first-order chi connectivity index (χ1) is 12.8. The van der Waals surface area contributed by atoms with Crippen LogP contribution in [-0.4, -0.2) is 66.2 Å². The molecule has 0 aromatic carbocycles. The van der Waals surface area contributed by atoms with Crippen molar-refractivity contribution in [3.8, 4) is 0 Å². The third kappa shape index (κ3) is 7.90. The Morgan fingerprint density at radius 1 is 1.32 bits per heavy atom. The molecule has 0 aliphatic carbocycles. The molecule has 2 heterocycles. The first kappa shape index (κ1) is 24.6. The second-order valence-electron chi connectivity index (χ2n) is 7.83. The molecule has 1 aliphatic rings. The smallest absolute Gasteiger partial charge is 0.233 e. The first-order valence-electron chi connectivity index (χ1n) is 9.62. The lowest BCUT2D eigenvalue weighted by Crippen LogP contribution is -2.50. The van der Waals surface area contributed by atoms with Crippen LogP contribution in [0, 0.1) is 0 Å². The number of hydrogen-bond acceptors (Lipinski definition) is 6. The van der Waals surface area contributed by atoms with Gasteiger partial charge in [0.05, 0.1) is 6.54 Å². The number of nitrogens with one attached hydrogen (secondary N) is 3. The van der Waals surface area contributed by atoms with Gasteiger partial charge in [-0.1, -0.05) is 25.9 Å². The first-order valence-corrected chi connectivity index (χ1v) is 9.62. The van der Waals surface area contributed by atoms with E-state index >= 15 is 0 Å². The van der Waals surface area contributed by atoms with Crippen molar-refractivity contribution in [3.63, 3.8) is 0 Å². The number of carbonyl (C=O) groups is 1. The second-order valence-corrected chi connectivity index (χ2v) is 7.83. The lowest BCUT2D eigenvalue weighted by Gasteiger charge is -2.32. The Morgan fingerprint density at radius 3 is 2.54 bits per heavy atom. The number of hydrogen-bond donors (Lipinski definition) is 3.